The molecule has 1 aromatic carbocycles. The molecule has 0 heterocycles. The summed E-state index contributed by atoms with van der Waals surface area (Å²) in [4.78, 5) is 12.9. The highest BCUT2D eigenvalue weighted by molar-refractivity contribution is 5.95. The number of amides is 1. The van der Waals surface area contributed by atoms with Crippen molar-refractivity contribution in [3.05, 3.63) is 23.8 Å². The van der Waals surface area contributed by atoms with E-state index in [1.807, 2.05) is 19.1 Å². The van der Waals surface area contributed by atoms with Gasteiger partial charge < -0.3 is 14.8 Å². The van der Waals surface area contributed by atoms with Gasteiger partial charge in [-0.05, 0) is 93.7 Å². The van der Waals surface area contributed by atoms with Crippen LogP contribution in [0.25, 0.3) is 0 Å². The molecule has 1 atom stereocenters. The summed E-state index contributed by atoms with van der Waals surface area (Å²) in [5.41, 5.74) is 0.963. The van der Waals surface area contributed by atoms with Crippen molar-refractivity contribution in [1.29, 1.82) is 0 Å². The average molecular weight is 357 g/mol. The first-order valence-corrected chi connectivity index (χ1v) is 10.1. The summed E-state index contributed by atoms with van der Waals surface area (Å²) in [5, 5.41) is 3.32. The van der Waals surface area contributed by atoms with E-state index in [1.165, 1.54) is 38.5 Å². The van der Waals surface area contributed by atoms with E-state index in [1.54, 1.807) is 13.2 Å². The Bertz CT molecular complexity index is 649. The van der Waals surface area contributed by atoms with E-state index in [9.17, 15) is 4.79 Å². The quantitative estimate of drug-likeness (QED) is 0.819. The first-order chi connectivity index (χ1) is 12.5. The fraction of sp³-hybridized carbons (Fsp3) is 0.682. The lowest BCUT2D eigenvalue weighted by atomic mass is 9.48. The lowest BCUT2D eigenvalue weighted by Crippen LogP contribution is -2.55. The van der Waals surface area contributed by atoms with Crippen LogP contribution < -0.4 is 14.8 Å². The van der Waals surface area contributed by atoms with Crippen LogP contribution in [0.15, 0.2) is 18.2 Å². The van der Waals surface area contributed by atoms with Gasteiger partial charge in [0, 0.05) is 11.6 Å². The zero-order chi connectivity index (χ0) is 18.3. The number of hydrogen-bond acceptors (Lipinski definition) is 3. The Morgan fingerprint density at radius 2 is 1.77 bits per heavy atom. The number of ether oxygens (including phenoxy) is 2. The maximum atomic E-state index is 12.9. The van der Waals surface area contributed by atoms with Crippen LogP contribution in [-0.4, -0.2) is 25.7 Å². The lowest BCUT2D eigenvalue weighted by molar-refractivity contribution is -0.0688. The Balaban J connectivity index is 1.49. The molecular weight excluding hydrogens is 326 g/mol. The Kier molecular flexibility index (Phi) is 4.62. The second-order valence-corrected chi connectivity index (χ2v) is 8.77. The molecule has 4 aliphatic carbocycles. The van der Waals surface area contributed by atoms with Crippen molar-refractivity contribution < 1.29 is 14.3 Å². The molecule has 1 N–H and O–H groups in total. The van der Waals surface area contributed by atoms with Crippen molar-refractivity contribution >= 4 is 5.91 Å². The van der Waals surface area contributed by atoms with E-state index in [0.717, 1.165) is 17.8 Å². The molecule has 0 radical (unpaired) electrons. The van der Waals surface area contributed by atoms with Crippen molar-refractivity contribution in [2.75, 3.05) is 13.7 Å². The Hall–Kier alpha value is -1.71. The third-order valence-corrected chi connectivity index (χ3v) is 7.08. The molecule has 0 spiro atoms. The highest BCUT2D eigenvalue weighted by atomic mass is 16.5. The predicted molar refractivity (Wildman–Crippen MR) is 102 cm³/mol. The first-order valence-electron chi connectivity index (χ1n) is 10.1. The summed E-state index contributed by atoms with van der Waals surface area (Å²) in [6.45, 7) is 4.70. The molecule has 5 rings (SSSR count). The van der Waals surface area contributed by atoms with Gasteiger partial charge in [-0.15, -0.1) is 0 Å². The van der Waals surface area contributed by atoms with Gasteiger partial charge in [-0.2, -0.15) is 0 Å². The second kappa shape index (κ2) is 6.79. The van der Waals surface area contributed by atoms with Gasteiger partial charge in [-0.1, -0.05) is 0 Å². The molecule has 4 heteroatoms. The van der Waals surface area contributed by atoms with Crippen molar-refractivity contribution in [2.45, 2.75) is 58.4 Å². The van der Waals surface area contributed by atoms with E-state index in [-0.39, 0.29) is 11.9 Å². The van der Waals surface area contributed by atoms with E-state index < -0.39 is 0 Å². The molecule has 4 fully saturated rings. The van der Waals surface area contributed by atoms with Crippen LogP contribution in [0.1, 0.15) is 62.7 Å². The normalized spacial score (nSPS) is 33.0. The second-order valence-electron chi connectivity index (χ2n) is 8.77. The fourth-order valence-electron chi connectivity index (χ4n) is 6.23. The van der Waals surface area contributed by atoms with Gasteiger partial charge in [0.15, 0.2) is 11.5 Å². The molecule has 142 valence electrons. The standard InChI is InChI=1S/C22H31NO3/c1-4-26-20-10-18(5-6-19(20)25-3)21(24)23-14(2)22-11-15-7-16(12-22)9-17(8-15)13-22/h5-6,10,14-17H,4,7-9,11-13H2,1-3H3,(H,23,24)/t14-,15?,16?,17?,22?/m1/s1. The monoisotopic (exact) mass is 357 g/mol. The minimum absolute atomic E-state index is 0.00292. The zero-order valence-corrected chi connectivity index (χ0v) is 16.2. The molecule has 0 aliphatic heterocycles. The predicted octanol–water partition coefficient (Wildman–Crippen LogP) is 4.43. The van der Waals surface area contributed by atoms with Crippen LogP contribution in [0.3, 0.4) is 0 Å². The van der Waals surface area contributed by atoms with E-state index in [2.05, 4.69) is 12.2 Å². The van der Waals surface area contributed by atoms with E-state index >= 15 is 0 Å². The van der Waals surface area contributed by atoms with E-state index in [0.29, 0.717) is 29.1 Å². The number of nitrogens with one attached hydrogen (secondary N) is 1. The molecule has 26 heavy (non-hydrogen) atoms. The van der Waals surface area contributed by atoms with Gasteiger partial charge in [0.1, 0.15) is 0 Å². The van der Waals surface area contributed by atoms with Crippen LogP contribution in [-0.2, 0) is 0 Å². The Morgan fingerprint density at radius 1 is 1.15 bits per heavy atom. The Labute approximate surface area is 156 Å². The summed E-state index contributed by atoms with van der Waals surface area (Å²) in [6, 6.07) is 5.66. The summed E-state index contributed by atoms with van der Waals surface area (Å²) < 4.78 is 10.9. The number of carbonyl (C=O) groups excluding carboxylic acids is 1. The van der Waals surface area contributed by atoms with Gasteiger partial charge in [0.2, 0.25) is 0 Å². The van der Waals surface area contributed by atoms with Gasteiger partial charge in [-0.3, -0.25) is 4.79 Å². The fourth-order valence-corrected chi connectivity index (χ4v) is 6.23. The molecule has 0 saturated heterocycles. The van der Waals surface area contributed by atoms with Crippen LogP contribution in [0.5, 0.6) is 11.5 Å². The van der Waals surface area contributed by atoms with Gasteiger partial charge >= 0.3 is 0 Å². The number of benzene rings is 1. The molecule has 4 nitrogen and oxygen atoms in total. The zero-order valence-electron chi connectivity index (χ0n) is 16.2. The van der Waals surface area contributed by atoms with Crippen molar-refractivity contribution in [3.63, 3.8) is 0 Å². The molecule has 4 bridgehead atoms. The van der Waals surface area contributed by atoms with Crippen molar-refractivity contribution in [2.24, 2.45) is 23.2 Å². The lowest BCUT2D eigenvalue weighted by Gasteiger charge is -2.59. The van der Waals surface area contributed by atoms with Crippen LogP contribution in [0.4, 0.5) is 0 Å². The minimum Gasteiger partial charge on any atom is -0.493 e. The topological polar surface area (TPSA) is 47.6 Å². The molecule has 0 unspecified atom stereocenters. The molecule has 1 aromatic rings. The average Bonchev–Trinajstić information content (AvgIpc) is 2.60. The number of rotatable bonds is 6. The third-order valence-electron chi connectivity index (χ3n) is 7.08. The van der Waals surface area contributed by atoms with Crippen molar-refractivity contribution in [1.82, 2.24) is 5.32 Å². The highest BCUT2D eigenvalue weighted by Crippen LogP contribution is 2.61. The van der Waals surface area contributed by atoms with Crippen LogP contribution in [0, 0.1) is 23.2 Å². The third kappa shape index (κ3) is 3.08. The summed E-state index contributed by atoms with van der Waals surface area (Å²) in [7, 11) is 1.62. The van der Waals surface area contributed by atoms with Gasteiger partial charge in [0.25, 0.3) is 5.91 Å². The maximum Gasteiger partial charge on any atom is 0.251 e. The number of carbonyl (C=O) groups is 1. The number of methoxy groups -OCH3 is 1. The minimum atomic E-state index is -0.00292. The SMILES string of the molecule is CCOc1cc(C(=O)N[C@H](C)C23CC4CC(CC(C4)C2)C3)ccc1OC. The molecule has 4 aliphatic rings. The molecule has 1 amide bonds. The van der Waals surface area contributed by atoms with Gasteiger partial charge in [-0.25, -0.2) is 0 Å². The molecule has 0 aromatic heterocycles. The smallest absolute Gasteiger partial charge is 0.251 e. The maximum absolute atomic E-state index is 12.9. The molecule has 4 saturated carbocycles. The largest absolute Gasteiger partial charge is 0.493 e. The molecular formula is C22H31NO3. The summed E-state index contributed by atoms with van der Waals surface area (Å²) in [5.74, 6) is 3.97. The Morgan fingerprint density at radius 3 is 2.31 bits per heavy atom. The van der Waals surface area contributed by atoms with Crippen LogP contribution >= 0.6 is 0 Å². The van der Waals surface area contributed by atoms with Crippen molar-refractivity contribution in [3.8, 4) is 11.5 Å². The first kappa shape index (κ1) is 17.7. The van der Waals surface area contributed by atoms with E-state index in [4.69, 9.17) is 9.47 Å². The summed E-state index contributed by atoms with van der Waals surface area (Å²) in [6.07, 6.45) is 8.18. The summed E-state index contributed by atoms with van der Waals surface area (Å²) >= 11 is 0. The van der Waals surface area contributed by atoms with Crippen LogP contribution in [0.2, 0.25) is 0 Å². The highest BCUT2D eigenvalue weighted by Gasteiger charge is 2.53. The number of hydrogen-bond donors (Lipinski definition) is 1. The van der Waals surface area contributed by atoms with Gasteiger partial charge in [0.05, 0.1) is 13.7 Å².